The summed E-state index contributed by atoms with van der Waals surface area (Å²) in [6, 6.07) is 6.16. The zero-order chi connectivity index (χ0) is 10.8. The maximum absolute atomic E-state index is 5.71. The van der Waals surface area contributed by atoms with E-state index in [4.69, 9.17) is 11.6 Å². The predicted octanol–water partition coefficient (Wildman–Crippen LogP) is 3.89. The van der Waals surface area contributed by atoms with Gasteiger partial charge in [-0.3, -0.25) is 0 Å². The number of hydrogen-bond acceptors (Lipinski definition) is 1. The maximum Gasteiger partial charge on any atom is 0.138 e. The standard InChI is InChI=1S/C11H10BrClN2/c1-7-2-3-9(10(12)4-7)11-14-6-8(5-13)15-11/h2-4,6H,5H2,1H3,(H,14,15). The van der Waals surface area contributed by atoms with Gasteiger partial charge in [0.25, 0.3) is 0 Å². The number of rotatable bonds is 2. The first-order chi connectivity index (χ1) is 7.20. The monoisotopic (exact) mass is 284 g/mol. The van der Waals surface area contributed by atoms with Gasteiger partial charge in [-0.15, -0.1) is 11.6 Å². The summed E-state index contributed by atoms with van der Waals surface area (Å²) in [5.41, 5.74) is 3.20. The molecule has 0 saturated carbocycles. The quantitative estimate of drug-likeness (QED) is 0.833. The molecule has 4 heteroatoms. The molecule has 0 spiro atoms. The van der Waals surface area contributed by atoms with Crippen molar-refractivity contribution in [3.05, 3.63) is 40.1 Å². The largest absolute Gasteiger partial charge is 0.341 e. The van der Waals surface area contributed by atoms with Crippen LogP contribution in [0.3, 0.4) is 0 Å². The molecule has 1 N–H and O–H groups in total. The number of H-pyrrole nitrogens is 1. The Morgan fingerprint density at radius 3 is 2.87 bits per heavy atom. The molecule has 1 aromatic heterocycles. The minimum absolute atomic E-state index is 0.455. The third-order valence-electron chi connectivity index (χ3n) is 2.15. The summed E-state index contributed by atoms with van der Waals surface area (Å²) in [5.74, 6) is 1.30. The Kier molecular flexibility index (Phi) is 3.12. The van der Waals surface area contributed by atoms with Crippen LogP contribution >= 0.6 is 27.5 Å². The van der Waals surface area contributed by atoms with Gasteiger partial charge in [0.2, 0.25) is 0 Å². The fourth-order valence-electron chi connectivity index (χ4n) is 1.38. The Morgan fingerprint density at radius 1 is 1.47 bits per heavy atom. The van der Waals surface area contributed by atoms with Gasteiger partial charge >= 0.3 is 0 Å². The summed E-state index contributed by atoms with van der Waals surface area (Å²) in [5, 5.41) is 0. The molecule has 0 aliphatic carbocycles. The Balaban J connectivity index is 2.44. The number of nitrogens with zero attached hydrogens (tertiary/aromatic N) is 1. The maximum atomic E-state index is 5.71. The van der Waals surface area contributed by atoms with E-state index in [1.165, 1.54) is 5.56 Å². The Morgan fingerprint density at radius 2 is 2.27 bits per heavy atom. The van der Waals surface area contributed by atoms with Crippen molar-refractivity contribution >= 4 is 27.5 Å². The molecule has 1 heterocycles. The fourth-order valence-corrected chi connectivity index (χ4v) is 2.19. The van der Waals surface area contributed by atoms with Crippen molar-refractivity contribution in [1.82, 2.24) is 9.97 Å². The van der Waals surface area contributed by atoms with Gasteiger partial charge < -0.3 is 4.98 Å². The molecule has 0 bridgehead atoms. The molecule has 1 aromatic carbocycles. The number of benzene rings is 1. The van der Waals surface area contributed by atoms with Crippen molar-refractivity contribution in [2.75, 3.05) is 0 Å². The Hall–Kier alpha value is -0.800. The van der Waals surface area contributed by atoms with Crippen LogP contribution < -0.4 is 0 Å². The van der Waals surface area contributed by atoms with Gasteiger partial charge in [-0.25, -0.2) is 4.98 Å². The normalized spacial score (nSPS) is 10.6. The predicted molar refractivity (Wildman–Crippen MR) is 66.0 cm³/mol. The lowest BCUT2D eigenvalue weighted by molar-refractivity contribution is 1.22. The minimum Gasteiger partial charge on any atom is -0.341 e. The number of halogens is 2. The number of hydrogen-bond donors (Lipinski definition) is 1. The summed E-state index contributed by atoms with van der Waals surface area (Å²) < 4.78 is 1.04. The lowest BCUT2D eigenvalue weighted by Crippen LogP contribution is -1.84. The van der Waals surface area contributed by atoms with E-state index in [-0.39, 0.29) is 0 Å². The highest BCUT2D eigenvalue weighted by atomic mass is 79.9. The molecule has 0 unspecified atom stereocenters. The second kappa shape index (κ2) is 4.37. The number of aromatic nitrogens is 2. The van der Waals surface area contributed by atoms with E-state index in [0.29, 0.717) is 5.88 Å². The van der Waals surface area contributed by atoms with E-state index in [9.17, 15) is 0 Å². The molecule has 0 atom stereocenters. The highest BCUT2D eigenvalue weighted by molar-refractivity contribution is 9.10. The zero-order valence-corrected chi connectivity index (χ0v) is 10.6. The van der Waals surface area contributed by atoms with E-state index >= 15 is 0 Å². The number of aryl methyl sites for hydroxylation is 1. The second-order valence-electron chi connectivity index (χ2n) is 3.37. The van der Waals surface area contributed by atoms with Crippen LogP contribution in [0.1, 0.15) is 11.3 Å². The van der Waals surface area contributed by atoms with Crippen LogP contribution in [0.2, 0.25) is 0 Å². The lowest BCUT2D eigenvalue weighted by atomic mass is 10.1. The fraction of sp³-hybridized carbons (Fsp3) is 0.182. The summed E-state index contributed by atoms with van der Waals surface area (Å²) in [6.45, 7) is 2.06. The van der Waals surface area contributed by atoms with Crippen LogP contribution in [0.4, 0.5) is 0 Å². The molecule has 2 aromatic rings. The van der Waals surface area contributed by atoms with Crippen molar-refractivity contribution in [3.8, 4) is 11.4 Å². The minimum atomic E-state index is 0.455. The molecule has 0 aliphatic heterocycles. The topological polar surface area (TPSA) is 28.7 Å². The average molecular weight is 286 g/mol. The van der Waals surface area contributed by atoms with E-state index in [1.807, 2.05) is 6.07 Å². The van der Waals surface area contributed by atoms with E-state index in [1.54, 1.807) is 6.20 Å². The van der Waals surface area contributed by atoms with Gasteiger partial charge in [0.05, 0.1) is 5.88 Å². The summed E-state index contributed by atoms with van der Waals surface area (Å²) in [4.78, 5) is 7.44. The van der Waals surface area contributed by atoms with Gasteiger partial charge in [0.15, 0.2) is 0 Å². The SMILES string of the molecule is Cc1ccc(-c2ncc(CCl)[nH]2)c(Br)c1. The molecular weight excluding hydrogens is 275 g/mol. The zero-order valence-electron chi connectivity index (χ0n) is 8.22. The number of imidazole rings is 1. The van der Waals surface area contributed by atoms with Crippen LogP contribution in [-0.2, 0) is 5.88 Å². The molecule has 15 heavy (non-hydrogen) atoms. The molecule has 0 radical (unpaired) electrons. The molecule has 2 nitrogen and oxygen atoms in total. The number of alkyl halides is 1. The molecule has 78 valence electrons. The van der Waals surface area contributed by atoms with Gasteiger partial charge in [-0.1, -0.05) is 22.0 Å². The Labute approximate surface area is 102 Å². The first-order valence-electron chi connectivity index (χ1n) is 4.57. The summed E-state index contributed by atoms with van der Waals surface area (Å²) in [6.07, 6.45) is 1.76. The van der Waals surface area contributed by atoms with E-state index in [0.717, 1.165) is 21.6 Å². The molecule has 0 aliphatic rings. The van der Waals surface area contributed by atoms with Gasteiger partial charge in [-0.05, 0) is 24.6 Å². The smallest absolute Gasteiger partial charge is 0.138 e. The van der Waals surface area contributed by atoms with Crippen molar-refractivity contribution in [3.63, 3.8) is 0 Å². The van der Waals surface area contributed by atoms with E-state index in [2.05, 4.69) is 45.0 Å². The highest BCUT2D eigenvalue weighted by Crippen LogP contribution is 2.26. The van der Waals surface area contributed by atoms with Crippen molar-refractivity contribution in [2.24, 2.45) is 0 Å². The molecular formula is C11H10BrClN2. The van der Waals surface area contributed by atoms with Gasteiger partial charge in [-0.2, -0.15) is 0 Å². The van der Waals surface area contributed by atoms with Crippen LogP contribution in [0, 0.1) is 6.92 Å². The van der Waals surface area contributed by atoms with Crippen LogP contribution in [0.25, 0.3) is 11.4 Å². The van der Waals surface area contributed by atoms with E-state index < -0.39 is 0 Å². The summed E-state index contributed by atoms with van der Waals surface area (Å²) >= 11 is 9.23. The highest BCUT2D eigenvalue weighted by Gasteiger charge is 2.06. The molecule has 2 rings (SSSR count). The average Bonchev–Trinajstić information content (AvgIpc) is 2.66. The van der Waals surface area contributed by atoms with Gasteiger partial charge in [0.1, 0.15) is 5.82 Å². The van der Waals surface area contributed by atoms with Crippen LogP contribution in [0.5, 0.6) is 0 Å². The summed E-state index contributed by atoms with van der Waals surface area (Å²) in [7, 11) is 0. The Bertz CT molecular complexity index is 479. The second-order valence-corrected chi connectivity index (χ2v) is 4.50. The number of nitrogens with one attached hydrogen (secondary N) is 1. The number of aromatic amines is 1. The lowest BCUT2D eigenvalue weighted by Gasteiger charge is -2.01. The van der Waals surface area contributed by atoms with Crippen molar-refractivity contribution in [2.45, 2.75) is 12.8 Å². The molecule has 0 fully saturated rings. The van der Waals surface area contributed by atoms with Gasteiger partial charge in [0, 0.05) is 21.9 Å². The third-order valence-corrected chi connectivity index (χ3v) is 3.10. The molecule has 0 saturated heterocycles. The third kappa shape index (κ3) is 2.24. The van der Waals surface area contributed by atoms with Crippen molar-refractivity contribution < 1.29 is 0 Å². The van der Waals surface area contributed by atoms with Crippen LogP contribution in [0.15, 0.2) is 28.9 Å². The first-order valence-corrected chi connectivity index (χ1v) is 5.90. The first kappa shape index (κ1) is 10.7. The van der Waals surface area contributed by atoms with Crippen molar-refractivity contribution in [1.29, 1.82) is 0 Å². The molecule has 0 amide bonds. The van der Waals surface area contributed by atoms with Crippen LogP contribution in [-0.4, -0.2) is 9.97 Å².